The molecule has 1 aliphatic rings. The maximum Gasteiger partial charge on any atom is 0.430 e. The fraction of sp³-hybridized carbons (Fsp3) is 0.500. The highest BCUT2D eigenvalue weighted by Crippen LogP contribution is 2.27. The molecule has 13 nitrogen and oxygen atoms in total. The van der Waals surface area contributed by atoms with Crippen molar-refractivity contribution in [2.24, 2.45) is 0 Å². The zero-order valence-electron chi connectivity index (χ0n) is 23.3. The summed E-state index contributed by atoms with van der Waals surface area (Å²) in [6.45, 7) is 1.49. The molecule has 0 radical (unpaired) electrons. The van der Waals surface area contributed by atoms with E-state index in [9.17, 15) is 43.0 Å². The molecule has 1 aromatic heterocycles. The number of amides is 1. The number of alkyl halides is 3. The van der Waals surface area contributed by atoms with Gasteiger partial charge < -0.3 is 30.2 Å². The van der Waals surface area contributed by atoms with Crippen LogP contribution in [0.15, 0.2) is 34.0 Å². The Hall–Kier alpha value is -4.04. The van der Waals surface area contributed by atoms with Gasteiger partial charge in [-0.25, -0.2) is 4.79 Å². The molecule has 3 N–H and O–H groups in total. The Morgan fingerprint density at radius 1 is 1.26 bits per heavy atom. The molecular weight excluding hydrogens is 567 g/mol. The second-order valence-corrected chi connectivity index (χ2v) is 10.3. The van der Waals surface area contributed by atoms with Crippen molar-refractivity contribution in [3.8, 4) is 6.07 Å². The molecule has 1 aliphatic heterocycles. The van der Waals surface area contributed by atoms with Crippen LogP contribution in [0.3, 0.4) is 0 Å². The van der Waals surface area contributed by atoms with Crippen molar-refractivity contribution in [2.75, 3.05) is 34.3 Å². The molecule has 0 unspecified atom stereocenters. The number of hydrogen-bond donors (Lipinski definition) is 3. The molecule has 0 spiro atoms. The van der Waals surface area contributed by atoms with Crippen molar-refractivity contribution in [3.63, 3.8) is 0 Å². The number of carboxylic acids is 1. The summed E-state index contributed by atoms with van der Waals surface area (Å²) in [6, 6.07) is 7.10. The third-order valence-corrected chi connectivity index (χ3v) is 6.24. The number of nitrogens with zero attached hydrogens (tertiary/aromatic N) is 4. The maximum atomic E-state index is 12.9. The molecule has 1 amide bonds. The summed E-state index contributed by atoms with van der Waals surface area (Å²) in [4.78, 5) is 46.9. The van der Waals surface area contributed by atoms with E-state index in [1.165, 1.54) is 10.8 Å². The molecular formula is C26H32F3N5O8. The number of aryl methyl sites for hydroxylation is 1. The lowest BCUT2D eigenvalue weighted by atomic mass is 10.1. The number of rotatable bonds is 8. The fourth-order valence-corrected chi connectivity index (χ4v) is 4.10. The summed E-state index contributed by atoms with van der Waals surface area (Å²) in [6.07, 6.45) is -5.85. The number of halogens is 3. The van der Waals surface area contributed by atoms with Crippen LogP contribution in [-0.2, 0) is 16.1 Å². The highest BCUT2D eigenvalue weighted by Gasteiger charge is 2.35. The van der Waals surface area contributed by atoms with Crippen molar-refractivity contribution < 1.29 is 42.8 Å². The van der Waals surface area contributed by atoms with E-state index in [4.69, 9.17) is 14.6 Å². The first-order valence-corrected chi connectivity index (χ1v) is 12.6. The monoisotopic (exact) mass is 599 g/mol. The van der Waals surface area contributed by atoms with Gasteiger partial charge in [0.05, 0.1) is 33.9 Å². The molecule has 1 fully saturated rings. The average Bonchev–Trinajstić information content (AvgIpc) is 3.29. The Balaban J connectivity index is 0.000000782. The average molecular weight is 600 g/mol. The lowest BCUT2D eigenvalue weighted by molar-refractivity contribution is -0.344. The predicted octanol–water partition coefficient (Wildman–Crippen LogP) is -0.854. The van der Waals surface area contributed by atoms with Gasteiger partial charge in [-0.2, -0.15) is 18.4 Å². The van der Waals surface area contributed by atoms with Gasteiger partial charge in [-0.15, -0.1) is 0 Å². The molecule has 0 saturated carbocycles. The number of carbonyl (C=O) groups excluding carboxylic acids is 2. The molecule has 2 heterocycles. The SMILES string of the molecule is Cc1cn([C@H]2C[C@H](O)[C@@H](CO)O2)c(=O)n(CCCNC(=O)c2ccc([N+](C)(C)C)c(C#N)c2)c1=O.O=C([O-])C(F)(F)F. The van der Waals surface area contributed by atoms with Crippen molar-refractivity contribution in [1.29, 1.82) is 5.26 Å². The zero-order chi connectivity index (χ0) is 32.0. The van der Waals surface area contributed by atoms with Crippen LogP contribution in [0.2, 0.25) is 0 Å². The van der Waals surface area contributed by atoms with E-state index in [-0.39, 0.29) is 32.0 Å². The van der Waals surface area contributed by atoms with Gasteiger partial charge in [-0.3, -0.25) is 23.2 Å². The van der Waals surface area contributed by atoms with Gasteiger partial charge in [0, 0.05) is 42.9 Å². The Kier molecular flexibility index (Phi) is 11.2. The van der Waals surface area contributed by atoms with Crippen molar-refractivity contribution >= 4 is 17.6 Å². The molecule has 3 rings (SSSR count). The number of benzene rings is 1. The van der Waals surface area contributed by atoms with E-state index < -0.39 is 41.8 Å². The zero-order valence-corrected chi connectivity index (χ0v) is 23.3. The molecule has 16 heteroatoms. The minimum Gasteiger partial charge on any atom is -0.542 e. The summed E-state index contributed by atoms with van der Waals surface area (Å²) in [5.74, 6) is -3.36. The molecule has 1 saturated heterocycles. The molecule has 42 heavy (non-hydrogen) atoms. The number of hydrogen-bond acceptors (Lipinski definition) is 9. The number of aromatic nitrogens is 2. The number of aliphatic hydroxyl groups is 2. The highest BCUT2D eigenvalue weighted by molar-refractivity contribution is 5.95. The van der Waals surface area contributed by atoms with Crippen LogP contribution in [0.25, 0.3) is 0 Å². The van der Waals surface area contributed by atoms with E-state index in [1.54, 1.807) is 25.1 Å². The first-order valence-electron chi connectivity index (χ1n) is 12.6. The number of quaternary nitrogens is 1. The van der Waals surface area contributed by atoms with Crippen LogP contribution < -0.4 is 26.2 Å². The first-order chi connectivity index (χ1) is 19.4. The van der Waals surface area contributed by atoms with E-state index in [1.807, 2.05) is 21.1 Å². The van der Waals surface area contributed by atoms with Gasteiger partial charge in [-0.05, 0) is 25.5 Å². The number of aliphatic carboxylic acids is 1. The van der Waals surface area contributed by atoms with Crippen LogP contribution in [0.1, 0.15) is 40.6 Å². The van der Waals surface area contributed by atoms with Crippen molar-refractivity contribution in [2.45, 2.75) is 50.9 Å². The van der Waals surface area contributed by atoms with Gasteiger partial charge in [0.25, 0.3) is 11.5 Å². The summed E-state index contributed by atoms with van der Waals surface area (Å²) in [7, 11) is 5.80. The Morgan fingerprint density at radius 3 is 2.38 bits per heavy atom. The number of ether oxygens (including phenoxy) is 1. The smallest absolute Gasteiger partial charge is 0.430 e. The molecule has 0 bridgehead atoms. The largest absolute Gasteiger partial charge is 0.542 e. The maximum absolute atomic E-state index is 12.9. The minimum absolute atomic E-state index is 0.0716. The van der Waals surface area contributed by atoms with Crippen LogP contribution in [0.4, 0.5) is 18.9 Å². The lowest BCUT2D eigenvalue weighted by Crippen LogP contribution is -2.42. The second-order valence-electron chi connectivity index (χ2n) is 10.3. The highest BCUT2D eigenvalue weighted by atomic mass is 19.4. The number of nitriles is 1. The number of carbonyl (C=O) groups is 2. The Labute approximate surface area is 238 Å². The normalized spacial score (nSPS) is 18.5. The van der Waals surface area contributed by atoms with Crippen LogP contribution >= 0.6 is 0 Å². The van der Waals surface area contributed by atoms with Gasteiger partial charge in [-0.1, -0.05) is 0 Å². The summed E-state index contributed by atoms with van der Waals surface area (Å²) >= 11 is 0. The van der Waals surface area contributed by atoms with Crippen LogP contribution in [-0.4, -0.2) is 83.9 Å². The van der Waals surface area contributed by atoms with Gasteiger partial charge in [0.2, 0.25) is 0 Å². The van der Waals surface area contributed by atoms with Gasteiger partial charge >= 0.3 is 11.9 Å². The third kappa shape index (κ3) is 8.49. The topological polar surface area (TPSA) is 187 Å². The number of aliphatic hydroxyl groups excluding tert-OH is 2. The Bertz CT molecular complexity index is 1460. The minimum atomic E-state index is -5.19. The number of carboxylic acid groups (broad SMARTS) is 1. The molecule has 0 aliphatic carbocycles. The van der Waals surface area contributed by atoms with Crippen molar-refractivity contribution in [3.05, 3.63) is 61.9 Å². The molecule has 230 valence electrons. The van der Waals surface area contributed by atoms with Crippen molar-refractivity contribution in [1.82, 2.24) is 18.9 Å². The van der Waals surface area contributed by atoms with Crippen LogP contribution in [0.5, 0.6) is 0 Å². The molecule has 2 aromatic rings. The van der Waals surface area contributed by atoms with Gasteiger partial charge in [0.15, 0.2) is 0 Å². The second kappa shape index (κ2) is 13.7. The Morgan fingerprint density at radius 2 is 1.88 bits per heavy atom. The van der Waals surface area contributed by atoms with Gasteiger partial charge in [0.1, 0.15) is 35.6 Å². The molecule has 3 atom stereocenters. The first kappa shape index (κ1) is 34.2. The fourth-order valence-electron chi connectivity index (χ4n) is 4.10. The van der Waals surface area contributed by atoms with Crippen LogP contribution in [0, 0.1) is 18.3 Å². The number of nitrogens with one attached hydrogen (secondary N) is 1. The summed E-state index contributed by atoms with van der Waals surface area (Å²) < 4.78 is 39.9. The quantitative estimate of drug-likeness (QED) is 0.257. The van der Waals surface area contributed by atoms with E-state index in [0.717, 1.165) is 10.3 Å². The third-order valence-electron chi connectivity index (χ3n) is 6.24. The lowest BCUT2D eigenvalue weighted by Gasteiger charge is -2.24. The van der Waals surface area contributed by atoms with E-state index in [0.29, 0.717) is 27.6 Å². The predicted molar refractivity (Wildman–Crippen MR) is 140 cm³/mol. The molecule has 1 aromatic carbocycles. The summed E-state index contributed by atoms with van der Waals surface area (Å²) in [5.41, 5.74) is 0.870. The summed E-state index contributed by atoms with van der Waals surface area (Å²) in [5, 5.41) is 40.3. The standard InChI is InChI=1S/C24H31N5O6.C2HF3O2/c1-15-13-28(21-11-19(31)20(14-30)35-21)24(34)27(23(15)33)9-5-8-26-22(32)16-6-7-18(29(2,3)4)17(10-16)12-25;3-2(4,5)1(6)7/h6-7,10,13,19-21,30-31H,5,8-9,11,14H2,1-4H3;(H,6,7)/t19-,20+,21+;/m0./s1. The van der Waals surface area contributed by atoms with E-state index in [2.05, 4.69) is 11.4 Å². The van der Waals surface area contributed by atoms with E-state index >= 15 is 0 Å².